The Bertz CT molecular complexity index is 1090. The molecule has 0 saturated heterocycles. The normalized spacial score (nSPS) is 22.4. The largest absolute Gasteiger partial charge is 0.360 e. The maximum absolute atomic E-state index is 12.6. The molecule has 1 aliphatic carbocycles. The molecule has 7 nitrogen and oxygen atoms in total. The molecular weight excluding hydrogens is 438 g/mol. The number of benzene rings is 2. The zero-order valence-corrected chi connectivity index (χ0v) is 18.0. The molecule has 31 heavy (non-hydrogen) atoms. The molecule has 0 aliphatic heterocycles. The monoisotopic (exact) mass is 457 g/mol. The van der Waals surface area contributed by atoms with Gasteiger partial charge in [-0.2, -0.15) is 0 Å². The number of thiocarbonyl (C=S) groups is 1. The van der Waals surface area contributed by atoms with Crippen molar-refractivity contribution in [2.75, 3.05) is 12.4 Å². The third kappa shape index (κ3) is 4.52. The molecule has 2 aromatic carbocycles. The number of alkyl halides is 1. The van der Waals surface area contributed by atoms with E-state index in [1.54, 1.807) is 54.6 Å². The van der Waals surface area contributed by atoms with Gasteiger partial charge >= 0.3 is 6.03 Å². The summed E-state index contributed by atoms with van der Waals surface area (Å²) < 4.78 is 5.18. The van der Waals surface area contributed by atoms with Crippen LogP contribution in [0.4, 0.5) is 10.5 Å². The third-order valence-electron chi connectivity index (χ3n) is 4.77. The quantitative estimate of drug-likeness (QED) is 0.313. The number of para-hydroxylation sites is 1. The van der Waals surface area contributed by atoms with E-state index in [1.165, 1.54) is 19.3 Å². The van der Waals surface area contributed by atoms with Crippen molar-refractivity contribution in [3.63, 3.8) is 0 Å². The molecule has 0 saturated carbocycles. The van der Waals surface area contributed by atoms with E-state index in [0.717, 1.165) is 0 Å². The number of ether oxygens (including phenoxy) is 1. The number of hydrogen-bond donors (Lipinski definition) is 4. The number of nitrogens with one attached hydrogen (secondary N) is 2. The number of halogens is 1. The topological polar surface area (TPSA) is 114 Å². The Labute approximate surface area is 189 Å². The fourth-order valence-corrected chi connectivity index (χ4v) is 3.74. The lowest BCUT2D eigenvalue weighted by atomic mass is 9.86. The van der Waals surface area contributed by atoms with Gasteiger partial charge in [0.2, 0.25) is 5.79 Å². The minimum atomic E-state index is -2.04. The van der Waals surface area contributed by atoms with Crippen molar-refractivity contribution >= 4 is 52.0 Å². The molecule has 3 amide bonds. The van der Waals surface area contributed by atoms with Gasteiger partial charge in [0.1, 0.15) is 4.99 Å². The summed E-state index contributed by atoms with van der Waals surface area (Å²) in [5.74, 6) is -2.33. The number of hydrogen-bond acceptors (Lipinski definition) is 5. The first-order chi connectivity index (χ1) is 14.7. The lowest BCUT2D eigenvalue weighted by Gasteiger charge is -2.40. The number of aliphatic hydroxyl groups is 1. The van der Waals surface area contributed by atoms with E-state index in [9.17, 15) is 14.7 Å². The van der Waals surface area contributed by atoms with E-state index in [-0.39, 0.29) is 10.9 Å². The average Bonchev–Trinajstić information content (AvgIpc) is 2.76. The summed E-state index contributed by atoms with van der Waals surface area (Å²) in [6.07, 6.45) is 4.36. The molecule has 0 aromatic heterocycles. The van der Waals surface area contributed by atoms with Crippen molar-refractivity contribution in [1.82, 2.24) is 5.32 Å². The molecule has 1 aliphatic rings. The number of amides is 3. The second kappa shape index (κ2) is 8.99. The fraction of sp³-hybridized carbons (Fsp3) is 0.136. The van der Waals surface area contributed by atoms with E-state index in [0.29, 0.717) is 22.4 Å². The van der Waals surface area contributed by atoms with Crippen LogP contribution in [0.3, 0.4) is 0 Å². The molecule has 3 rings (SSSR count). The van der Waals surface area contributed by atoms with Crippen LogP contribution < -0.4 is 16.4 Å². The van der Waals surface area contributed by atoms with Crippen molar-refractivity contribution in [3.05, 3.63) is 84.0 Å². The highest BCUT2D eigenvalue weighted by atomic mass is 35.5. The zero-order chi connectivity index (χ0) is 22.6. The summed E-state index contributed by atoms with van der Waals surface area (Å²) in [6, 6.07) is 14.9. The SMILES string of the molecule is COC1(O)C=CC(c2ccccc2NC(=O)c2ccccc2)=CC1(Cl)C(=S)NC(N)=O. The molecule has 160 valence electrons. The Morgan fingerprint density at radius 1 is 1.13 bits per heavy atom. The first kappa shape index (κ1) is 22.6. The number of carbonyl (C=O) groups is 2. The second-order valence-corrected chi connectivity index (χ2v) is 7.73. The van der Waals surface area contributed by atoms with Gasteiger partial charge in [-0.1, -0.05) is 54.7 Å². The summed E-state index contributed by atoms with van der Waals surface area (Å²) >= 11 is 11.9. The molecule has 9 heteroatoms. The summed E-state index contributed by atoms with van der Waals surface area (Å²) in [5, 5.41) is 16.0. The smallest absolute Gasteiger partial charge is 0.317 e. The highest BCUT2D eigenvalue weighted by Crippen LogP contribution is 2.42. The number of carbonyl (C=O) groups excluding carboxylic acids is 2. The fourth-order valence-electron chi connectivity index (χ4n) is 3.13. The second-order valence-electron chi connectivity index (χ2n) is 6.73. The Morgan fingerprint density at radius 3 is 2.42 bits per heavy atom. The van der Waals surface area contributed by atoms with Crippen LogP contribution in [0, 0.1) is 0 Å². The highest BCUT2D eigenvalue weighted by molar-refractivity contribution is 7.80. The van der Waals surface area contributed by atoms with Gasteiger partial charge in [0.05, 0.1) is 0 Å². The van der Waals surface area contributed by atoms with E-state index in [1.807, 2.05) is 6.07 Å². The summed E-state index contributed by atoms with van der Waals surface area (Å²) in [4.78, 5) is 21.9. The van der Waals surface area contributed by atoms with Crippen LogP contribution in [-0.2, 0) is 4.74 Å². The molecule has 2 atom stereocenters. The molecule has 0 bridgehead atoms. The van der Waals surface area contributed by atoms with Crippen LogP contribution in [0.5, 0.6) is 0 Å². The van der Waals surface area contributed by atoms with Gasteiger partial charge in [0.25, 0.3) is 5.91 Å². The molecule has 0 radical (unpaired) electrons. The van der Waals surface area contributed by atoms with Crippen LogP contribution >= 0.6 is 23.8 Å². The molecule has 0 heterocycles. The molecule has 2 aromatic rings. The Balaban J connectivity index is 2.02. The maximum atomic E-state index is 12.6. The van der Waals surface area contributed by atoms with Crippen LogP contribution in [0.25, 0.3) is 5.57 Å². The predicted octanol–water partition coefficient (Wildman–Crippen LogP) is 3.20. The van der Waals surface area contributed by atoms with E-state index >= 15 is 0 Å². The van der Waals surface area contributed by atoms with Crippen molar-refractivity contribution in [1.29, 1.82) is 0 Å². The summed E-state index contributed by atoms with van der Waals surface area (Å²) in [5.41, 5.74) is 7.33. The Hall–Kier alpha value is -3.04. The molecule has 2 unspecified atom stereocenters. The minimum absolute atomic E-state index is 0.237. The average molecular weight is 458 g/mol. The van der Waals surface area contributed by atoms with Gasteiger partial charge in [-0.3, -0.25) is 4.79 Å². The zero-order valence-electron chi connectivity index (χ0n) is 16.5. The highest BCUT2D eigenvalue weighted by Gasteiger charge is 2.52. The van der Waals surface area contributed by atoms with Gasteiger partial charge in [-0.05, 0) is 35.9 Å². The maximum Gasteiger partial charge on any atom is 0.317 e. The third-order valence-corrected chi connectivity index (χ3v) is 5.87. The van der Waals surface area contributed by atoms with Gasteiger partial charge in [-0.25, -0.2) is 4.79 Å². The lowest BCUT2D eigenvalue weighted by molar-refractivity contribution is -0.151. The number of rotatable bonds is 5. The number of primary amides is 1. The van der Waals surface area contributed by atoms with Crippen LogP contribution in [0.1, 0.15) is 15.9 Å². The number of urea groups is 1. The molecule has 5 N–H and O–H groups in total. The summed E-state index contributed by atoms with van der Waals surface area (Å²) in [6.45, 7) is 0. The number of methoxy groups -OCH3 is 1. The minimum Gasteiger partial charge on any atom is -0.360 e. The van der Waals surface area contributed by atoms with Crippen molar-refractivity contribution < 1.29 is 19.4 Å². The van der Waals surface area contributed by atoms with Crippen molar-refractivity contribution in [3.8, 4) is 0 Å². The van der Waals surface area contributed by atoms with E-state index < -0.39 is 16.7 Å². The molecular formula is C22H20ClN3O4S. The Morgan fingerprint density at radius 2 is 1.77 bits per heavy atom. The lowest BCUT2D eigenvalue weighted by Crippen LogP contribution is -2.59. The molecule has 0 spiro atoms. The van der Waals surface area contributed by atoms with Crippen LogP contribution in [0.15, 0.2) is 72.8 Å². The van der Waals surface area contributed by atoms with E-state index in [2.05, 4.69) is 10.6 Å². The van der Waals surface area contributed by atoms with Crippen molar-refractivity contribution in [2.45, 2.75) is 10.7 Å². The standard InChI is InChI=1S/C22H20ClN3O4S/c1-30-22(29)12-11-15(13-21(22,23)19(31)26-20(24)28)16-9-5-6-10-17(16)25-18(27)14-7-3-2-4-8-14/h2-13,29H,1H3,(H,25,27)(H3,24,26,28,31). The Kier molecular flexibility index (Phi) is 6.56. The van der Waals surface area contributed by atoms with Gasteiger partial charge in [0.15, 0.2) is 4.87 Å². The number of allylic oxidation sites excluding steroid dienone is 2. The van der Waals surface area contributed by atoms with E-state index in [4.69, 9.17) is 34.3 Å². The summed E-state index contributed by atoms with van der Waals surface area (Å²) in [7, 11) is 1.25. The van der Waals surface area contributed by atoms with Gasteiger partial charge in [-0.15, -0.1) is 11.6 Å². The van der Waals surface area contributed by atoms with Crippen molar-refractivity contribution in [2.24, 2.45) is 5.73 Å². The van der Waals surface area contributed by atoms with Gasteiger partial charge < -0.3 is 26.2 Å². The molecule has 0 fully saturated rings. The number of nitrogens with two attached hydrogens (primary N) is 1. The first-order valence-electron chi connectivity index (χ1n) is 9.15. The number of anilines is 1. The van der Waals surface area contributed by atoms with Crippen LogP contribution in [-0.4, -0.2) is 39.8 Å². The first-order valence-corrected chi connectivity index (χ1v) is 9.94. The van der Waals surface area contributed by atoms with Gasteiger partial charge in [0, 0.05) is 23.9 Å². The van der Waals surface area contributed by atoms with Crippen LogP contribution in [0.2, 0.25) is 0 Å². The predicted molar refractivity (Wildman–Crippen MR) is 124 cm³/mol.